The van der Waals surface area contributed by atoms with Crippen LogP contribution in [0.15, 0.2) is 42.5 Å². The fraction of sp³-hybridized carbons (Fsp3) is 0.133. The number of anilines is 1. The van der Waals surface area contributed by atoms with Gasteiger partial charge in [-0.15, -0.1) is 0 Å². The Balaban J connectivity index is 2.13. The number of nitriles is 1. The zero-order chi connectivity index (χ0) is 15.2. The van der Waals surface area contributed by atoms with Crippen LogP contribution in [0.3, 0.4) is 0 Å². The highest BCUT2D eigenvalue weighted by atomic mass is 16.6. The topological polar surface area (TPSA) is 88.2 Å². The predicted molar refractivity (Wildman–Crippen MR) is 78.1 cm³/mol. The molecule has 0 aromatic heterocycles. The van der Waals surface area contributed by atoms with Crippen molar-refractivity contribution in [2.24, 2.45) is 0 Å². The average Bonchev–Trinajstić information content (AvgIpc) is 2.52. The van der Waals surface area contributed by atoms with Gasteiger partial charge in [-0.1, -0.05) is 12.1 Å². The molecule has 0 aliphatic heterocycles. The Morgan fingerprint density at radius 1 is 1.33 bits per heavy atom. The molecule has 0 radical (unpaired) electrons. The lowest BCUT2D eigenvalue weighted by Crippen LogP contribution is -2.01. The predicted octanol–water partition coefficient (Wildman–Crippen LogP) is 3.09. The number of nitro groups is 1. The lowest BCUT2D eigenvalue weighted by Gasteiger charge is -2.08. The van der Waals surface area contributed by atoms with Crippen molar-refractivity contribution in [3.05, 3.63) is 63.7 Å². The molecule has 2 aromatic rings. The highest BCUT2D eigenvalue weighted by Gasteiger charge is 2.13. The molecule has 0 aliphatic rings. The number of nitrogens with one attached hydrogen (secondary N) is 1. The van der Waals surface area contributed by atoms with Crippen molar-refractivity contribution in [3.63, 3.8) is 0 Å². The normalized spacial score (nSPS) is 9.71. The molecule has 0 atom stereocenters. The summed E-state index contributed by atoms with van der Waals surface area (Å²) in [5.74, 6) is 0.760. The highest BCUT2D eigenvalue weighted by molar-refractivity contribution is 5.58. The molecular weight excluding hydrogens is 270 g/mol. The van der Waals surface area contributed by atoms with Crippen molar-refractivity contribution in [2.45, 2.75) is 6.54 Å². The SMILES string of the molecule is COc1cccc(CNc2ccc([N+](=O)[O-])c(C#N)c2)c1. The number of benzene rings is 2. The van der Waals surface area contributed by atoms with Crippen LogP contribution in [0, 0.1) is 21.4 Å². The van der Waals surface area contributed by atoms with Gasteiger partial charge in [0.25, 0.3) is 5.69 Å². The van der Waals surface area contributed by atoms with Gasteiger partial charge in [0.2, 0.25) is 0 Å². The summed E-state index contributed by atoms with van der Waals surface area (Å²) in [7, 11) is 1.60. The summed E-state index contributed by atoms with van der Waals surface area (Å²) in [6.45, 7) is 0.528. The Hall–Kier alpha value is -3.07. The zero-order valence-electron chi connectivity index (χ0n) is 11.4. The van der Waals surface area contributed by atoms with Crippen LogP contribution in [-0.2, 0) is 6.54 Å². The van der Waals surface area contributed by atoms with E-state index in [1.54, 1.807) is 13.2 Å². The van der Waals surface area contributed by atoms with E-state index in [-0.39, 0.29) is 11.3 Å². The van der Waals surface area contributed by atoms with Crippen molar-refractivity contribution < 1.29 is 9.66 Å². The first kappa shape index (κ1) is 14.3. The standard InChI is InChI=1S/C15H13N3O3/c1-21-14-4-2-3-11(7-14)10-17-13-5-6-15(18(19)20)12(8-13)9-16/h2-8,17H,10H2,1H3. The van der Waals surface area contributed by atoms with Crippen LogP contribution in [0.25, 0.3) is 0 Å². The first-order valence-corrected chi connectivity index (χ1v) is 6.19. The van der Waals surface area contributed by atoms with Gasteiger partial charge in [-0.3, -0.25) is 10.1 Å². The van der Waals surface area contributed by atoms with Crippen molar-refractivity contribution in [3.8, 4) is 11.8 Å². The molecule has 0 amide bonds. The van der Waals surface area contributed by atoms with E-state index in [4.69, 9.17) is 10.00 Å². The summed E-state index contributed by atoms with van der Waals surface area (Å²) in [5, 5.41) is 22.8. The van der Waals surface area contributed by atoms with E-state index in [0.717, 1.165) is 11.3 Å². The second-order valence-corrected chi connectivity index (χ2v) is 4.31. The molecule has 0 fully saturated rings. The van der Waals surface area contributed by atoms with E-state index in [1.807, 2.05) is 30.3 Å². The van der Waals surface area contributed by atoms with Gasteiger partial charge in [0.1, 0.15) is 17.4 Å². The molecule has 6 heteroatoms. The summed E-state index contributed by atoms with van der Waals surface area (Å²) in [5.41, 5.74) is 1.51. The number of ether oxygens (including phenoxy) is 1. The van der Waals surface area contributed by atoms with Crippen LogP contribution in [0.5, 0.6) is 5.75 Å². The van der Waals surface area contributed by atoms with E-state index in [1.165, 1.54) is 12.1 Å². The molecular formula is C15H13N3O3. The van der Waals surface area contributed by atoms with Gasteiger partial charge in [0.05, 0.1) is 12.0 Å². The molecule has 0 spiro atoms. The van der Waals surface area contributed by atoms with Crippen LogP contribution < -0.4 is 10.1 Å². The monoisotopic (exact) mass is 283 g/mol. The molecule has 0 saturated heterocycles. The third kappa shape index (κ3) is 3.48. The lowest BCUT2D eigenvalue weighted by atomic mass is 10.1. The van der Waals surface area contributed by atoms with Gasteiger partial charge in [-0.25, -0.2) is 0 Å². The Morgan fingerprint density at radius 2 is 2.14 bits per heavy atom. The number of nitrogens with zero attached hydrogens (tertiary/aromatic N) is 2. The first-order valence-electron chi connectivity index (χ1n) is 6.19. The third-order valence-corrected chi connectivity index (χ3v) is 2.94. The molecule has 6 nitrogen and oxygen atoms in total. The van der Waals surface area contributed by atoms with E-state index < -0.39 is 4.92 Å². The largest absolute Gasteiger partial charge is 0.497 e. The van der Waals surface area contributed by atoms with Crippen LogP contribution in [0.2, 0.25) is 0 Å². The molecule has 1 N–H and O–H groups in total. The summed E-state index contributed by atoms with van der Waals surface area (Å²) in [6, 6.07) is 13.8. The number of hydrogen-bond donors (Lipinski definition) is 1. The molecule has 2 aromatic carbocycles. The average molecular weight is 283 g/mol. The van der Waals surface area contributed by atoms with Crippen LogP contribution in [-0.4, -0.2) is 12.0 Å². The minimum Gasteiger partial charge on any atom is -0.497 e. The lowest BCUT2D eigenvalue weighted by molar-refractivity contribution is -0.385. The van der Waals surface area contributed by atoms with Crippen LogP contribution in [0.1, 0.15) is 11.1 Å². The Labute approximate surface area is 121 Å². The van der Waals surface area contributed by atoms with Crippen molar-refractivity contribution in [1.82, 2.24) is 0 Å². The molecule has 21 heavy (non-hydrogen) atoms. The van der Waals surface area contributed by atoms with E-state index in [9.17, 15) is 10.1 Å². The quantitative estimate of drug-likeness (QED) is 0.673. The number of hydrogen-bond acceptors (Lipinski definition) is 5. The Bertz CT molecular complexity index is 708. The maximum absolute atomic E-state index is 10.8. The molecule has 0 heterocycles. The summed E-state index contributed by atoms with van der Waals surface area (Å²) in [6.07, 6.45) is 0. The maximum Gasteiger partial charge on any atom is 0.287 e. The number of rotatable bonds is 5. The minimum atomic E-state index is -0.565. The number of nitro benzene ring substituents is 1. The Morgan fingerprint density at radius 3 is 2.81 bits per heavy atom. The molecule has 0 saturated carbocycles. The van der Waals surface area contributed by atoms with Crippen molar-refractivity contribution in [1.29, 1.82) is 5.26 Å². The third-order valence-electron chi connectivity index (χ3n) is 2.94. The zero-order valence-corrected chi connectivity index (χ0v) is 11.4. The van der Waals surface area contributed by atoms with E-state index in [0.29, 0.717) is 12.2 Å². The van der Waals surface area contributed by atoms with E-state index >= 15 is 0 Å². The van der Waals surface area contributed by atoms with E-state index in [2.05, 4.69) is 5.32 Å². The minimum absolute atomic E-state index is 0.0376. The second kappa shape index (κ2) is 6.39. The fourth-order valence-electron chi connectivity index (χ4n) is 1.88. The smallest absolute Gasteiger partial charge is 0.287 e. The van der Waals surface area contributed by atoms with Crippen LogP contribution in [0.4, 0.5) is 11.4 Å². The molecule has 0 aliphatic carbocycles. The molecule has 0 bridgehead atoms. The van der Waals surface area contributed by atoms with Gasteiger partial charge < -0.3 is 10.1 Å². The fourth-order valence-corrected chi connectivity index (χ4v) is 1.88. The summed E-state index contributed by atoms with van der Waals surface area (Å²) in [4.78, 5) is 10.2. The van der Waals surface area contributed by atoms with Gasteiger partial charge in [0, 0.05) is 18.3 Å². The Kier molecular flexibility index (Phi) is 4.36. The van der Waals surface area contributed by atoms with Crippen LogP contribution >= 0.6 is 0 Å². The maximum atomic E-state index is 10.8. The first-order chi connectivity index (χ1) is 10.1. The highest BCUT2D eigenvalue weighted by Crippen LogP contribution is 2.22. The number of methoxy groups -OCH3 is 1. The second-order valence-electron chi connectivity index (χ2n) is 4.31. The summed E-state index contributed by atoms with van der Waals surface area (Å²) < 4.78 is 5.14. The van der Waals surface area contributed by atoms with Gasteiger partial charge in [-0.05, 0) is 29.8 Å². The van der Waals surface area contributed by atoms with Crippen molar-refractivity contribution in [2.75, 3.05) is 12.4 Å². The van der Waals surface area contributed by atoms with Crippen molar-refractivity contribution >= 4 is 11.4 Å². The van der Waals surface area contributed by atoms with Gasteiger partial charge in [-0.2, -0.15) is 5.26 Å². The van der Waals surface area contributed by atoms with Gasteiger partial charge >= 0.3 is 0 Å². The molecule has 106 valence electrons. The van der Waals surface area contributed by atoms with Gasteiger partial charge in [0.15, 0.2) is 0 Å². The molecule has 2 rings (SSSR count). The molecule has 0 unspecified atom stereocenters. The summed E-state index contributed by atoms with van der Waals surface area (Å²) >= 11 is 0.